The zero-order valence-corrected chi connectivity index (χ0v) is 9.27. The van der Waals surface area contributed by atoms with E-state index in [2.05, 4.69) is 0 Å². The molecule has 0 spiro atoms. The first kappa shape index (κ1) is 11.3. The van der Waals surface area contributed by atoms with Crippen molar-refractivity contribution in [3.05, 3.63) is 22.4 Å². The van der Waals surface area contributed by atoms with Crippen LogP contribution in [0.5, 0.6) is 0 Å². The normalized spacial score (nSPS) is 18.9. The van der Waals surface area contributed by atoms with Crippen molar-refractivity contribution < 1.29 is 19.4 Å². The van der Waals surface area contributed by atoms with E-state index in [0.29, 0.717) is 0 Å². The molecule has 1 atom stereocenters. The van der Waals surface area contributed by atoms with Gasteiger partial charge in [-0.15, -0.1) is 0 Å². The molecule has 1 saturated heterocycles. The van der Waals surface area contributed by atoms with Crippen LogP contribution in [0.25, 0.3) is 0 Å². The van der Waals surface area contributed by atoms with Gasteiger partial charge in [-0.1, -0.05) is 0 Å². The van der Waals surface area contributed by atoms with Crippen LogP contribution in [-0.2, 0) is 14.3 Å². The summed E-state index contributed by atoms with van der Waals surface area (Å²) in [5.41, 5.74) is 0.720. The van der Waals surface area contributed by atoms with Crippen LogP contribution in [0.15, 0.2) is 16.8 Å². The van der Waals surface area contributed by atoms with Crippen LogP contribution >= 0.6 is 11.3 Å². The lowest BCUT2D eigenvalue weighted by Crippen LogP contribution is -2.47. The maximum absolute atomic E-state index is 11.4. The Balaban J connectivity index is 2.03. The molecule has 0 saturated carbocycles. The first-order chi connectivity index (χ1) is 7.68. The van der Waals surface area contributed by atoms with Gasteiger partial charge in [0.2, 0.25) is 0 Å². The van der Waals surface area contributed by atoms with E-state index in [9.17, 15) is 14.7 Å². The predicted molar refractivity (Wildman–Crippen MR) is 56.8 cm³/mol. The second-order valence-electron chi connectivity index (χ2n) is 3.46. The number of hydrogen-bond donors (Lipinski definition) is 1. The van der Waals surface area contributed by atoms with E-state index in [4.69, 9.17) is 4.74 Å². The van der Waals surface area contributed by atoms with Crippen molar-refractivity contribution in [2.75, 3.05) is 19.8 Å². The Labute approximate surface area is 96.2 Å². The second kappa shape index (κ2) is 4.73. The van der Waals surface area contributed by atoms with Crippen LogP contribution in [0.2, 0.25) is 0 Å². The number of nitrogens with zero attached hydrogens (tertiary/aromatic N) is 1. The predicted octanol–water partition coefficient (Wildman–Crippen LogP) is 0.167. The number of hydrogen-bond acceptors (Lipinski definition) is 5. The van der Waals surface area contributed by atoms with Crippen molar-refractivity contribution in [2.45, 2.75) is 6.10 Å². The fourth-order valence-corrected chi connectivity index (χ4v) is 2.17. The fourth-order valence-electron chi connectivity index (χ4n) is 1.47. The van der Waals surface area contributed by atoms with Crippen molar-refractivity contribution in [1.29, 1.82) is 0 Å². The van der Waals surface area contributed by atoms with Crippen LogP contribution in [-0.4, -0.2) is 41.6 Å². The number of carbonyl (C=O) groups excluding carboxylic acids is 2. The largest absolute Gasteiger partial charge is 0.387 e. The summed E-state index contributed by atoms with van der Waals surface area (Å²) in [4.78, 5) is 23.8. The molecule has 2 heterocycles. The van der Waals surface area contributed by atoms with Crippen molar-refractivity contribution in [2.24, 2.45) is 0 Å². The standard InChI is InChI=1S/C10H11NO4S/c12-8(7-1-2-16-6-7)3-11-9(13)4-15-5-10(11)14/h1-2,6,8,12H,3-5H2. The van der Waals surface area contributed by atoms with Gasteiger partial charge in [-0.25, -0.2) is 0 Å². The number of morpholine rings is 1. The van der Waals surface area contributed by atoms with E-state index in [1.165, 1.54) is 11.3 Å². The molecule has 1 aromatic heterocycles. The first-order valence-corrected chi connectivity index (χ1v) is 5.74. The molecule has 86 valence electrons. The monoisotopic (exact) mass is 241 g/mol. The van der Waals surface area contributed by atoms with Crippen LogP contribution in [0.1, 0.15) is 11.7 Å². The number of β-amino-alcohol motifs (C(OH)–C–C–N with tert-alkyl or cyclic N) is 1. The molecule has 6 heteroatoms. The van der Waals surface area contributed by atoms with Crippen LogP contribution in [0.4, 0.5) is 0 Å². The molecule has 0 radical (unpaired) electrons. The zero-order chi connectivity index (χ0) is 11.5. The van der Waals surface area contributed by atoms with E-state index in [-0.39, 0.29) is 19.8 Å². The number of ether oxygens (including phenoxy) is 1. The molecule has 16 heavy (non-hydrogen) atoms. The summed E-state index contributed by atoms with van der Waals surface area (Å²) in [5, 5.41) is 13.4. The van der Waals surface area contributed by atoms with Gasteiger partial charge in [-0.3, -0.25) is 14.5 Å². The van der Waals surface area contributed by atoms with E-state index in [0.717, 1.165) is 10.5 Å². The molecule has 1 aromatic rings. The van der Waals surface area contributed by atoms with Crippen LogP contribution in [0.3, 0.4) is 0 Å². The highest BCUT2D eigenvalue weighted by Gasteiger charge is 2.28. The summed E-state index contributed by atoms with van der Waals surface area (Å²) in [6.07, 6.45) is -0.822. The Bertz CT molecular complexity index is 374. The Hall–Kier alpha value is -1.24. The number of thiophene rings is 1. The maximum Gasteiger partial charge on any atom is 0.255 e. The quantitative estimate of drug-likeness (QED) is 0.766. The summed E-state index contributed by atoms with van der Waals surface area (Å²) in [7, 11) is 0. The van der Waals surface area contributed by atoms with Crippen molar-refractivity contribution in [3.8, 4) is 0 Å². The molecule has 0 aromatic carbocycles. The van der Waals surface area contributed by atoms with Gasteiger partial charge in [0, 0.05) is 0 Å². The van der Waals surface area contributed by atoms with E-state index in [1.54, 1.807) is 11.4 Å². The third-order valence-corrected chi connectivity index (χ3v) is 3.04. The molecule has 1 N–H and O–H groups in total. The second-order valence-corrected chi connectivity index (χ2v) is 4.24. The third kappa shape index (κ3) is 2.29. The summed E-state index contributed by atoms with van der Waals surface area (Å²) < 4.78 is 4.78. The number of aliphatic hydroxyl groups is 1. The lowest BCUT2D eigenvalue weighted by Gasteiger charge is -2.26. The molecule has 1 aliphatic heterocycles. The minimum Gasteiger partial charge on any atom is -0.387 e. The minimum atomic E-state index is -0.822. The third-order valence-electron chi connectivity index (χ3n) is 2.34. The molecule has 5 nitrogen and oxygen atoms in total. The van der Waals surface area contributed by atoms with Crippen molar-refractivity contribution in [1.82, 2.24) is 4.90 Å². The first-order valence-electron chi connectivity index (χ1n) is 4.79. The Morgan fingerprint density at radius 2 is 2.12 bits per heavy atom. The van der Waals surface area contributed by atoms with Gasteiger partial charge in [0.15, 0.2) is 0 Å². The van der Waals surface area contributed by atoms with E-state index in [1.807, 2.05) is 5.38 Å². The summed E-state index contributed by atoms with van der Waals surface area (Å²) >= 11 is 1.46. The number of amides is 2. The summed E-state index contributed by atoms with van der Waals surface area (Å²) in [5.74, 6) is -0.795. The van der Waals surface area contributed by atoms with E-state index < -0.39 is 17.9 Å². The molecule has 2 rings (SSSR count). The van der Waals surface area contributed by atoms with Gasteiger partial charge >= 0.3 is 0 Å². The Morgan fingerprint density at radius 3 is 2.69 bits per heavy atom. The molecule has 1 unspecified atom stereocenters. The molecular weight excluding hydrogens is 230 g/mol. The van der Waals surface area contributed by atoms with Crippen molar-refractivity contribution in [3.63, 3.8) is 0 Å². The lowest BCUT2D eigenvalue weighted by atomic mass is 10.2. The number of carbonyl (C=O) groups is 2. The van der Waals surface area contributed by atoms with Gasteiger partial charge in [0.25, 0.3) is 11.8 Å². The zero-order valence-electron chi connectivity index (χ0n) is 8.46. The molecule has 1 aliphatic rings. The molecule has 2 amide bonds. The maximum atomic E-state index is 11.4. The lowest BCUT2D eigenvalue weighted by molar-refractivity contribution is -0.160. The van der Waals surface area contributed by atoms with Crippen LogP contribution in [0, 0.1) is 0 Å². The van der Waals surface area contributed by atoms with E-state index >= 15 is 0 Å². The molecule has 1 fully saturated rings. The summed E-state index contributed by atoms with van der Waals surface area (Å²) in [6, 6.07) is 1.77. The average Bonchev–Trinajstić information content (AvgIpc) is 2.76. The molecule has 0 aliphatic carbocycles. The smallest absolute Gasteiger partial charge is 0.255 e. The number of rotatable bonds is 3. The van der Waals surface area contributed by atoms with Gasteiger partial charge in [-0.2, -0.15) is 11.3 Å². The highest BCUT2D eigenvalue weighted by molar-refractivity contribution is 7.07. The highest BCUT2D eigenvalue weighted by atomic mass is 32.1. The highest BCUT2D eigenvalue weighted by Crippen LogP contribution is 2.18. The van der Waals surface area contributed by atoms with Gasteiger partial charge in [0.1, 0.15) is 13.2 Å². The topological polar surface area (TPSA) is 66.8 Å². The summed E-state index contributed by atoms with van der Waals surface area (Å²) in [6.45, 7) is -0.193. The van der Waals surface area contributed by atoms with Crippen molar-refractivity contribution >= 4 is 23.2 Å². The molecular formula is C10H11NO4S. The van der Waals surface area contributed by atoms with Crippen LogP contribution < -0.4 is 0 Å². The minimum absolute atomic E-state index is 0.00222. The number of imide groups is 1. The molecule has 0 bridgehead atoms. The Kier molecular flexibility index (Phi) is 3.33. The fraction of sp³-hybridized carbons (Fsp3) is 0.400. The van der Waals surface area contributed by atoms with Gasteiger partial charge in [0.05, 0.1) is 12.6 Å². The average molecular weight is 241 g/mol. The van der Waals surface area contributed by atoms with Gasteiger partial charge < -0.3 is 9.84 Å². The SMILES string of the molecule is O=C1COCC(=O)N1CC(O)c1ccsc1. The number of aliphatic hydroxyl groups excluding tert-OH is 1. The Morgan fingerprint density at radius 1 is 1.44 bits per heavy atom. The van der Waals surface area contributed by atoms with Gasteiger partial charge in [-0.05, 0) is 22.4 Å².